The minimum Gasteiger partial charge on any atom is -0.462 e. The lowest BCUT2D eigenvalue weighted by Gasteiger charge is -2.16. The van der Waals surface area contributed by atoms with Crippen molar-refractivity contribution in [3.05, 3.63) is 0 Å². The highest BCUT2D eigenvalue weighted by atomic mass is 19.3. The van der Waals surface area contributed by atoms with E-state index in [1.807, 2.05) is 13.8 Å². The first-order chi connectivity index (χ1) is 10.2. The van der Waals surface area contributed by atoms with E-state index in [9.17, 15) is 27.2 Å². The van der Waals surface area contributed by atoms with Crippen molar-refractivity contribution in [3.8, 4) is 0 Å². The molecule has 0 aromatic heterocycles. The third kappa shape index (κ3) is 8.84. The number of alkyl halides is 4. The summed E-state index contributed by atoms with van der Waals surface area (Å²) in [7, 11) is 0. The molecular weight excluding hydrogens is 308 g/mol. The molecule has 8 heteroatoms. The molecule has 0 aliphatic rings. The van der Waals surface area contributed by atoms with Gasteiger partial charge in [0.15, 0.2) is 6.61 Å². The van der Waals surface area contributed by atoms with Crippen molar-refractivity contribution in [2.24, 2.45) is 0 Å². The lowest BCUT2D eigenvalue weighted by molar-refractivity contribution is -0.180. The van der Waals surface area contributed by atoms with Gasteiger partial charge < -0.3 is 9.47 Å². The molecule has 0 aromatic rings. The molecule has 1 unspecified atom stereocenters. The van der Waals surface area contributed by atoms with Gasteiger partial charge in [0.25, 0.3) is 0 Å². The first-order valence-corrected chi connectivity index (χ1v) is 7.24. The number of unbranched alkanes of at least 4 members (excludes halogenated alkanes) is 1. The Morgan fingerprint density at radius 3 is 2.18 bits per heavy atom. The molecule has 130 valence electrons. The van der Waals surface area contributed by atoms with E-state index in [1.165, 1.54) is 0 Å². The molecule has 22 heavy (non-hydrogen) atoms. The fourth-order valence-corrected chi connectivity index (χ4v) is 1.54. The van der Waals surface area contributed by atoms with Gasteiger partial charge in [-0.05, 0) is 12.8 Å². The number of carbonyl (C=O) groups is 2. The summed E-state index contributed by atoms with van der Waals surface area (Å²) >= 11 is 0. The van der Waals surface area contributed by atoms with Gasteiger partial charge in [-0.3, -0.25) is 9.59 Å². The lowest BCUT2D eigenvalue weighted by Crippen LogP contribution is -2.33. The summed E-state index contributed by atoms with van der Waals surface area (Å²) in [5.74, 6) is -6.16. The van der Waals surface area contributed by atoms with Gasteiger partial charge in [-0.15, -0.1) is 0 Å². The van der Waals surface area contributed by atoms with E-state index in [0.29, 0.717) is 12.8 Å². The summed E-state index contributed by atoms with van der Waals surface area (Å²) in [6.45, 7) is 2.15. The van der Waals surface area contributed by atoms with Gasteiger partial charge in [-0.25, -0.2) is 8.78 Å². The monoisotopic (exact) mass is 330 g/mol. The third-order valence-corrected chi connectivity index (χ3v) is 2.91. The van der Waals surface area contributed by atoms with Gasteiger partial charge in [0.2, 0.25) is 0 Å². The van der Waals surface area contributed by atoms with E-state index in [2.05, 4.69) is 4.74 Å². The number of carbonyl (C=O) groups excluding carboxylic acids is 2. The summed E-state index contributed by atoms with van der Waals surface area (Å²) in [6, 6.07) is 0. The smallest absolute Gasteiger partial charge is 0.340 e. The fraction of sp³-hybridized carbons (Fsp3) is 0.857. The predicted octanol–water partition coefficient (Wildman–Crippen LogP) is 3.72. The summed E-state index contributed by atoms with van der Waals surface area (Å²) in [5, 5.41) is 0. The fourth-order valence-electron chi connectivity index (χ4n) is 1.54. The zero-order valence-corrected chi connectivity index (χ0v) is 12.7. The van der Waals surface area contributed by atoms with E-state index in [1.54, 1.807) is 0 Å². The van der Waals surface area contributed by atoms with Crippen LogP contribution in [0.3, 0.4) is 0 Å². The lowest BCUT2D eigenvalue weighted by atomic mass is 10.1. The highest BCUT2D eigenvalue weighted by Gasteiger charge is 2.42. The Labute approximate surface area is 127 Å². The molecule has 0 aliphatic heterocycles. The molecule has 0 bridgehead atoms. The maximum atomic E-state index is 12.5. The zero-order chi connectivity index (χ0) is 17.2. The maximum Gasteiger partial charge on any atom is 0.340 e. The van der Waals surface area contributed by atoms with Crippen molar-refractivity contribution < 1.29 is 36.6 Å². The van der Waals surface area contributed by atoms with Gasteiger partial charge in [0, 0.05) is 0 Å². The van der Waals surface area contributed by atoms with Gasteiger partial charge in [0.05, 0.1) is 12.8 Å². The minimum absolute atomic E-state index is 0.244. The topological polar surface area (TPSA) is 52.6 Å². The van der Waals surface area contributed by atoms with Crippen molar-refractivity contribution in [2.45, 2.75) is 70.8 Å². The van der Waals surface area contributed by atoms with Crippen LogP contribution in [-0.4, -0.2) is 37.0 Å². The van der Waals surface area contributed by atoms with Crippen molar-refractivity contribution in [1.29, 1.82) is 0 Å². The van der Waals surface area contributed by atoms with E-state index in [0.717, 1.165) is 12.8 Å². The van der Waals surface area contributed by atoms with E-state index in [-0.39, 0.29) is 12.5 Å². The second kappa shape index (κ2) is 10.4. The van der Waals surface area contributed by atoms with Crippen molar-refractivity contribution in [3.63, 3.8) is 0 Å². The van der Waals surface area contributed by atoms with E-state index < -0.39 is 37.3 Å². The van der Waals surface area contributed by atoms with E-state index >= 15 is 0 Å². The zero-order valence-electron chi connectivity index (χ0n) is 12.7. The second-order valence-electron chi connectivity index (χ2n) is 4.88. The number of halogens is 4. The van der Waals surface area contributed by atoms with Crippen LogP contribution in [0.1, 0.15) is 52.4 Å². The molecule has 0 aliphatic carbocycles. The molecule has 0 spiro atoms. The average Bonchev–Trinajstić information content (AvgIpc) is 2.47. The molecule has 0 fully saturated rings. The van der Waals surface area contributed by atoms with Crippen LogP contribution in [0.25, 0.3) is 0 Å². The largest absolute Gasteiger partial charge is 0.462 e. The quantitative estimate of drug-likeness (QED) is 0.428. The standard InChI is InChI=1S/C14H22F4O4/c1-3-5-6-10(4-2)22-12(20)8-7-11(19)21-9-14(17,18)13(15)16/h10,13H,3-9H2,1-2H3. The van der Waals surface area contributed by atoms with Crippen LogP contribution < -0.4 is 0 Å². The Hall–Kier alpha value is -1.34. The molecule has 0 saturated carbocycles. The number of ether oxygens (including phenoxy) is 2. The number of rotatable bonds is 11. The third-order valence-electron chi connectivity index (χ3n) is 2.91. The van der Waals surface area contributed by atoms with Crippen LogP contribution in [0, 0.1) is 0 Å². The Kier molecular flexibility index (Phi) is 9.76. The normalized spacial score (nSPS) is 13.0. The molecule has 4 nitrogen and oxygen atoms in total. The van der Waals surface area contributed by atoms with Crippen molar-refractivity contribution >= 4 is 11.9 Å². The van der Waals surface area contributed by atoms with Gasteiger partial charge in [-0.1, -0.05) is 26.7 Å². The van der Waals surface area contributed by atoms with Crippen LogP contribution in [0.15, 0.2) is 0 Å². The Balaban J connectivity index is 4.01. The number of esters is 2. The summed E-state index contributed by atoms with van der Waals surface area (Å²) in [6.07, 6.45) is -1.76. The van der Waals surface area contributed by atoms with Crippen LogP contribution in [0.4, 0.5) is 17.6 Å². The molecule has 0 radical (unpaired) electrons. The van der Waals surface area contributed by atoms with E-state index in [4.69, 9.17) is 4.74 Å². The molecule has 0 rings (SSSR count). The highest BCUT2D eigenvalue weighted by Crippen LogP contribution is 2.23. The molecule has 0 saturated heterocycles. The number of hydrogen-bond acceptors (Lipinski definition) is 4. The average molecular weight is 330 g/mol. The summed E-state index contributed by atoms with van der Waals surface area (Å²) in [5.41, 5.74) is 0. The molecule has 0 aromatic carbocycles. The molecule has 0 N–H and O–H groups in total. The minimum atomic E-state index is -4.39. The van der Waals surface area contributed by atoms with Crippen LogP contribution in [0.5, 0.6) is 0 Å². The van der Waals surface area contributed by atoms with Crippen molar-refractivity contribution in [2.75, 3.05) is 6.61 Å². The van der Waals surface area contributed by atoms with Gasteiger partial charge in [-0.2, -0.15) is 8.78 Å². The van der Waals surface area contributed by atoms with Gasteiger partial charge >= 0.3 is 24.3 Å². The highest BCUT2D eigenvalue weighted by molar-refractivity contribution is 5.77. The maximum absolute atomic E-state index is 12.5. The predicted molar refractivity (Wildman–Crippen MR) is 70.8 cm³/mol. The summed E-state index contributed by atoms with van der Waals surface area (Å²) in [4.78, 5) is 22.6. The SMILES string of the molecule is CCCCC(CC)OC(=O)CCC(=O)OCC(F)(F)C(F)F. The second-order valence-corrected chi connectivity index (χ2v) is 4.88. The first kappa shape index (κ1) is 20.7. The molecular formula is C14H22F4O4. The van der Waals surface area contributed by atoms with Crippen LogP contribution in [0.2, 0.25) is 0 Å². The van der Waals surface area contributed by atoms with Crippen LogP contribution in [-0.2, 0) is 19.1 Å². The van der Waals surface area contributed by atoms with Crippen LogP contribution >= 0.6 is 0 Å². The van der Waals surface area contributed by atoms with Crippen molar-refractivity contribution in [1.82, 2.24) is 0 Å². The Morgan fingerprint density at radius 1 is 1.09 bits per heavy atom. The molecule has 0 heterocycles. The Bertz CT molecular complexity index is 348. The first-order valence-electron chi connectivity index (χ1n) is 7.24. The Morgan fingerprint density at radius 2 is 1.68 bits per heavy atom. The number of hydrogen-bond donors (Lipinski definition) is 0. The summed E-state index contributed by atoms with van der Waals surface area (Å²) < 4.78 is 57.9. The molecule has 0 amide bonds. The van der Waals surface area contributed by atoms with Gasteiger partial charge in [0.1, 0.15) is 6.10 Å². The molecule has 1 atom stereocenters.